The standard InChI is InChI=1S/C28H31NO4/c1-22(30)29-18-26(31-19-23-12-6-3-7-13-23)27(32-20-24-14-8-4-9-15-24)28(29,2)33-21-25-16-10-5-11-17-25/h3-17,26-27H,18-21H2,1-2H3/t26-,27-,28-/m1/s1. The van der Waals surface area contributed by atoms with Crippen LogP contribution in [0.2, 0.25) is 0 Å². The van der Waals surface area contributed by atoms with Crippen molar-refractivity contribution in [1.29, 1.82) is 0 Å². The molecule has 1 fully saturated rings. The highest BCUT2D eigenvalue weighted by Gasteiger charge is 2.54. The van der Waals surface area contributed by atoms with Crippen LogP contribution < -0.4 is 0 Å². The van der Waals surface area contributed by atoms with E-state index in [9.17, 15) is 4.79 Å². The minimum atomic E-state index is -0.961. The molecule has 0 aliphatic carbocycles. The van der Waals surface area contributed by atoms with Gasteiger partial charge in [-0.2, -0.15) is 0 Å². The minimum absolute atomic E-state index is 0.0651. The van der Waals surface area contributed by atoms with E-state index in [1.165, 1.54) is 0 Å². The number of amides is 1. The Morgan fingerprint density at radius 1 is 0.788 bits per heavy atom. The van der Waals surface area contributed by atoms with Crippen molar-refractivity contribution in [2.24, 2.45) is 0 Å². The second-order valence-electron chi connectivity index (χ2n) is 8.51. The number of rotatable bonds is 9. The predicted octanol–water partition coefficient (Wildman–Crippen LogP) is 4.95. The molecule has 0 N–H and O–H groups in total. The van der Waals surface area contributed by atoms with Crippen molar-refractivity contribution in [2.45, 2.75) is 51.6 Å². The number of carbonyl (C=O) groups excluding carboxylic acids is 1. The molecule has 3 aromatic carbocycles. The Morgan fingerprint density at radius 3 is 1.73 bits per heavy atom. The molecular weight excluding hydrogens is 414 g/mol. The highest BCUT2D eigenvalue weighted by Crippen LogP contribution is 2.36. The number of ether oxygens (including phenoxy) is 3. The van der Waals surface area contributed by atoms with Crippen LogP contribution in [0.4, 0.5) is 0 Å². The largest absolute Gasteiger partial charge is 0.369 e. The van der Waals surface area contributed by atoms with Crippen molar-refractivity contribution < 1.29 is 19.0 Å². The van der Waals surface area contributed by atoms with Gasteiger partial charge in [0.05, 0.1) is 26.4 Å². The normalized spacial score (nSPS) is 22.4. The molecule has 1 amide bonds. The van der Waals surface area contributed by atoms with Crippen LogP contribution in [0.3, 0.4) is 0 Å². The summed E-state index contributed by atoms with van der Waals surface area (Å²) in [7, 11) is 0. The molecular formula is C28H31NO4. The van der Waals surface area contributed by atoms with Crippen LogP contribution in [0.15, 0.2) is 91.0 Å². The fourth-order valence-corrected chi connectivity index (χ4v) is 4.30. The van der Waals surface area contributed by atoms with E-state index in [0.29, 0.717) is 26.4 Å². The van der Waals surface area contributed by atoms with Crippen LogP contribution in [-0.2, 0) is 38.8 Å². The van der Waals surface area contributed by atoms with Gasteiger partial charge in [0.1, 0.15) is 12.2 Å². The van der Waals surface area contributed by atoms with E-state index in [1.807, 2.05) is 97.9 Å². The first-order chi connectivity index (χ1) is 16.1. The predicted molar refractivity (Wildman–Crippen MR) is 127 cm³/mol. The Kier molecular flexibility index (Phi) is 7.55. The number of carbonyl (C=O) groups is 1. The second kappa shape index (κ2) is 10.8. The Labute approximate surface area is 195 Å². The molecule has 0 radical (unpaired) electrons. The molecule has 1 heterocycles. The van der Waals surface area contributed by atoms with E-state index in [2.05, 4.69) is 0 Å². The molecule has 0 aromatic heterocycles. The first kappa shape index (κ1) is 23.2. The van der Waals surface area contributed by atoms with Gasteiger partial charge in [-0.1, -0.05) is 91.0 Å². The maximum absolute atomic E-state index is 12.6. The zero-order chi connectivity index (χ0) is 23.1. The third-order valence-corrected chi connectivity index (χ3v) is 6.10. The molecule has 3 aromatic rings. The SMILES string of the molecule is CC(=O)N1C[C@@H](OCc2ccccc2)[C@@H](OCc2ccccc2)[C@@]1(C)OCc1ccccc1. The molecule has 1 aliphatic rings. The Bertz CT molecular complexity index is 1010. The number of likely N-dealkylation sites (tertiary alicyclic amines) is 1. The summed E-state index contributed by atoms with van der Waals surface area (Å²) >= 11 is 0. The summed E-state index contributed by atoms with van der Waals surface area (Å²) < 4.78 is 19.2. The lowest BCUT2D eigenvalue weighted by molar-refractivity contribution is -0.208. The molecule has 5 heteroatoms. The molecule has 172 valence electrons. The van der Waals surface area contributed by atoms with Crippen LogP contribution in [0.5, 0.6) is 0 Å². The van der Waals surface area contributed by atoms with Crippen LogP contribution in [-0.4, -0.2) is 35.3 Å². The van der Waals surface area contributed by atoms with Crippen molar-refractivity contribution in [2.75, 3.05) is 6.54 Å². The number of nitrogens with zero attached hydrogens (tertiary/aromatic N) is 1. The van der Waals surface area contributed by atoms with E-state index >= 15 is 0 Å². The fourth-order valence-electron chi connectivity index (χ4n) is 4.30. The second-order valence-corrected chi connectivity index (χ2v) is 8.51. The van der Waals surface area contributed by atoms with Gasteiger partial charge in [-0.05, 0) is 23.6 Å². The lowest BCUT2D eigenvalue weighted by atomic mass is 10.1. The summed E-state index contributed by atoms with van der Waals surface area (Å²) in [5, 5.41) is 0. The quantitative estimate of drug-likeness (QED) is 0.468. The van der Waals surface area contributed by atoms with E-state index in [1.54, 1.807) is 11.8 Å². The van der Waals surface area contributed by atoms with Gasteiger partial charge in [-0.3, -0.25) is 4.79 Å². The summed E-state index contributed by atoms with van der Waals surface area (Å²) in [6.07, 6.45) is -0.771. The Balaban J connectivity index is 1.56. The van der Waals surface area contributed by atoms with Gasteiger partial charge >= 0.3 is 0 Å². The first-order valence-electron chi connectivity index (χ1n) is 11.3. The van der Waals surface area contributed by atoms with Crippen molar-refractivity contribution in [3.05, 3.63) is 108 Å². The third-order valence-electron chi connectivity index (χ3n) is 6.10. The fraction of sp³-hybridized carbons (Fsp3) is 0.321. The molecule has 0 bridgehead atoms. The topological polar surface area (TPSA) is 48.0 Å². The maximum atomic E-state index is 12.6. The average molecular weight is 446 g/mol. The highest BCUT2D eigenvalue weighted by molar-refractivity contribution is 5.74. The molecule has 1 saturated heterocycles. The summed E-state index contributed by atoms with van der Waals surface area (Å²) in [5.74, 6) is -0.0651. The molecule has 5 nitrogen and oxygen atoms in total. The van der Waals surface area contributed by atoms with Crippen LogP contribution >= 0.6 is 0 Å². The van der Waals surface area contributed by atoms with E-state index in [4.69, 9.17) is 14.2 Å². The van der Waals surface area contributed by atoms with E-state index < -0.39 is 11.8 Å². The van der Waals surface area contributed by atoms with Crippen LogP contribution in [0, 0.1) is 0 Å². The zero-order valence-electron chi connectivity index (χ0n) is 19.2. The lowest BCUT2D eigenvalue weighted by Gasteiger charge is -2.38. The van der Waals surface area contributed by atoms with Gasteiger partial charge in [-0.25, -0.2) is 0 Å². The van der Waals surface area contributed by atoms with E-state index in [0.717, 1.165) is 16.7 Å². The molecule has 1 aliphatic heterocycles. The monoisotopic (exact) mass is 445 g/mol. The number of benzene rings is 3. The van der Waals surface area contributed by atoms with Crippen molar-refractivity contribution in [3.63, 3.8) is 0 Å². The molecule has 0 unspecified atom stereocenters. The van der Waals surface area contributed by atoms with Gasteiger partial charge in [0.2, 0.25) is 5.91 Å². The molecule has 3 atom stereocenters. The Morgan fingerprint density at radius 2 is 1.24 bits per heavy atom. The van der Waals surface area contributed by atoms with Gasteiger partial charge in [0, 0.05) is 6.92 Å². The number of hydrogen-bond acceptors (Lipinski definition) is 4. The summed E-state index contributed by atoms with van der Waals surface area (Å²) in [6.45, 7) is 5.13. The smallest absolute Gasteiger partial charge is 0.221 e. The molecule has 0 spiro atoms. The third kappa shape index (κ3) is 5.69. The van der Waals surface area contributed by atoms with E-state index in [-0.39, 0.29) is 12.0 Å². The first-order valence-corrected chi connectivity index (χ1v) is 11.3. The van der Waals surface area contributed by atoms with Crippen molar-refractivity contribution >= 4 is 5.91 Å². The maximum Gasteiger partial charge on any atom is 0.221 e. The van der Waals surface area contributed by atoms with Crippen LogP contribution in [0.1, 0.15) is 30.5 Å². The summed E-state index contributed by atoms with van der Waals surface area (Å²) in [4.78, 5) is 14.4. The van der Waals surface area contributed by atoms with Crippen molar-refractivity contribution in [3.8, 4) is 0 Å². The number of hydrogen-bond donors (Lipinski definition) is 0. The van der Waals surface area contributed by atoms with Gasteiger partial charge in [0.15, 0.2) is 5.72 Å². The van der Waals surface area contributed by atoms with Gasteiger partial charge < -0.3 is 19.1 Å². The highest BCUT2D eigenvalue weighted by atomic mass is 16.6. The molecule has 0 saturated carbocycles. The molecule has 4 rings (SSSR count). The van der Waals surface area contributed by atoms with Gasteiger partial charge in [-0.15, -0.1) is 0 Å². The van der Waals surface area contributed by atoms with Crippen LogP contribution in [0.25, 0.3) is 0 Å². The van der Waals surface area contributed by atoms with Gasteiger partial charge in [0.25, 0.3) is 0 Å². The zero-order valence-corrected chi connectivity index (χ0v) is 19.2. The summed E-state index contributed by atoms with van der Waals surface area (Å²) in [5.41, 5.74) is 2.22. The Hall–Kier alpha value is -2.99. The van der Waals surface area contributed by atoms with Crippen molar-refractivity contribution in [1.82, 2.24) is 4.90 Å². The lowest BCUT2D eigenvalue weighted by Crippen LogP contribution is -2.53. The average Bonchev–Trinajstić information content (AvgIpc) is 3.14. The minimum Gasteiger partial charge on any atom is -0.369 e. The molecule has 33 heavy (non-hydrogen) atoms. The summed E-state index contributed by atoms with van der Waals surface area (Å²) in [6, 6.07) is 30.0.